The van der Waals surface area contributed by atoms with Crippen LogP contribution in [0.4, 0.5) is 11.9 Å². The molecule has 6 N–H and O–H groups in total. The van der Waals surface area contributed by atoms with E-state index < -0.39 is 0 Å². The van der Waals surface area contributed by atoms with E-state index in [-0.39, 0.29) is 11.9 Å². The summed E-state index contributed by atoms with van der Waals surface area (Å²) in [7, 11) is 1.65. The summed E-state index contributed by atoms with van der Waals surface area (Å²) in [6, 6.07) is 22.6. The van der Waals surface area contributed by atoms with Gasteiger partial charge in [0.2, 0.25) is 11.9 Å². The summed E-state index contributed by atoms with van der Waals surface area (Å²) < 4.78 is 17.5. The van der Waals surface area contributed by atoms with Crippen LogP contribution in [-0.4, -0.2) is 47.0 Å². The third kappa shape index (κ3) is 7.33. The summed E-state index contributed by atoms with van der Waals surface area (Å²) in [5.41, 5.74) is 18.0. The summed E-state index contributed by atoms with van der Waals surface area (Å²) in [5.74, 6) is 2.65. The first-order valence-corrected chi connectivity index (χ1v) is 16.1. The number of aromatic amines is 2. The van der Waals surface area contributed by atoms with Crippen LogP contribution < -0.4 is 25.7 Å². The van der Waals surface area contributed by atoms with Crippen LogP contribution in [0.2, 0.25) is 5.02 Å². The Labute approximate surface area is 296 Å². The number of nitrogen functional groups attached to an aromatic ring is 2. The smallest absolute Gasteiger partial charge is 0.220 e. The number of hydrogen-bond acceptors (Lipinski definition) is 11. The number of pyridine rings is 2. The Morgan fingerprint density at radius 1 is 0.608 bits per heavy atom. The average molecular weight is 699 g/mol. The molecule has 0 bridgehead atoms. The molecule has 0 radical (unpaired) electrons. The number of rotatable bonds is 9. The van der Waals surface area contributed by atoms with Gasteiger partial charge in [0.25, 0.3) is 0 Å². The van der Waals surface area contributed by atoms with E-state index in [1.54, 1.807) is 44.0 Å². The zero-order valence-electron chi connectivity index (χ0n) is 27.2. The normalized spacial score (nSPS) is 10.9. The molecular weight excluding hydrogens is 668 g/mol. The minimum Gasteiger partial charge on any atom is -0.496 e. The molecule has 6 aromatic heterocycles. The maximum absolute atomic E-state index is 6.08. The van der Waals surface area contributed by atoms with E-state index in [0.29, 0.717) is 41.1 Å². The van der Waals surface area contributed by atoms with Crippen molar-refractivity contribution in [2.45, 2.75) is 13.2 Å². The Hall–Kier alpha value is -6.73. The minimum absolute atomic E-state index is 0.220. The fraction of sp³-hybridized carbons (Fsp3) is 0.0811. The summed E-state index contributed by atoms with van der Waals surface area (Å²) >= 11 is 5.92. The van der Waals surface area contributed by atoms with Gasteiger partial charge in [-0.1, -0.05) is 41.9 Å². The van der Waals surface area contributed by atoms with Crippen molar-refractivity contribution in [1.29, 1.82) is 0 Å². The lowest BCUT2D eigenvalue weighted by molar-refractivity contribution is 0.300. The van der Waals surface area contributed by atoms with Crippen molar-refractivity contribution in [2.24, 2.45) is 0 Å². The van der Waals surface area contributed by atoms with Gasteiger partial charge in [-0.2, -0.15) is 0 Å². The molecule has 0 fully saturated rings. The predicted octanol–water partition coefficient (Wildman–Crippen LogP) is 7.02. The fourth-order valence-corrected chi connectivity index (χ4v) is 5.59. The third-order valence-electron chi connectivity index (χ3n) is 7.85. The number of aromatic nitrogens is 8. The Morgan fingerprint density at radius 3 is 1.69 bits per heavy atom. The van der Waals surface area contributed by atoms with Crippen LogP contribution in [0.15, 0.2) is 110 Å². The second kappa shape index (κ2) is 14.8. The highest BCUT2D eigenvalue weighted by Gasteiger charge is 2.16. The van der Waals surface area contributed by atoms with Crippen LogP contribution in [0, 0.1) is 0 Å². The molecule has 6 heterocycles. The maximum atomic E-state index is 6.08. The van der Waals surface area contributed by atoms with Gasteiger partial charge in [-0.15, -0.1) is 0 Å². The first-order valence-electron chi connectivity index (χ1n) is 15.7. The standard InChI is InChI=1S/C19H17N5O2.C18H14ClN5O/c1-25-15-5-3-2-4-12(15)11-26-16-7-9-21-18-17(16)13(10-23-18)14-6-8-22-19(20)24-14;19-12-3-1-11(2-4-12)10-25-15-6-8-21-17-16(15)13(9-23-17)14-5-7-22-18(20)24-14/h2-10H,11H2,1H3,(H,21,23)(H2,20,22,24);1-9H,10H2,(H,21,23)(H2,20,22,24). The number of nitrogens with one attached hydrogen (secondary N) is 2. The fourth-order valence-electron chi connectivity index (χ4n) is 5.46. The average Bonchev–Trinajstić information content (AvgIpc) is 3.80. The zero-order chi connectivity index (χ0) is 35.2. The van der Waals surface area contributed by atoms with E-state index in [1.165, 1.54) is 0 Å². The van der Waals surface area contributed by atoms with Crippen molar-refractivity contribution in [2.75, 3.05) is 18.6 Å². The molecule has 0 saturated carbocycles. The Bertz CT molecular complexity index is 2430. The molecule has 0 spiro atoms. The van der Waals surface area contributed by atoms with E-state index >= 15 is 0 Å². The van der Waals surface area contributed by atoms with Gasteiger partial charge >= 0.3 is 0 Å². The molecule has 254 valence electrons. The molecule has 51 heavy (non-hydrogen) atoms. The van der Waals surface area contributed by atoms with Crippen LogP contribution in [0.1, 0.15) is 11.1 Å². The number of H-pyrrole nitrogens is 2. The maximum Gasteiger partial charge on any atom is 0.220 e. The number of halogens is 1. The number of hydrogen-bond donors (Lipinski definition) is 4. The molecule has 8 aromatic rings. The van der Waals surface area contributed by atoms with Crippen molar-refractivity contribution in [3.05, 3.63) is 126 Å². The molecular formula is C37H31ClN10O3. The number of anilines is 2. The lowest BCUT2D eigenvalue weighted by atomic mass is 10.1. The molecule has 8 rings (SSSR count). The van der Waals surface area contributed by atoms with Crippen molar-refractivity contribution in [1.82, 2.24) is 39.9 Å². The Kier molecular flexibility index (Phi) is 9.52. The number of nitrogens with two attached hydrogens (primary N) is 2. The van der Waals surface area contributed by atoms with Gasteiger partial charge in [-0.3, -0.25) is 0 Å². The summed E-state index contributed by atoms with van der Waals surface area (Å²) in [6.45, 7) is 0.798. The first kappa shape index (κ1) is 32.8. The van der Waals surface area contributed by atoms with Crippen LogP contribution in [0.3, 0.4) is 0 Å². The molecule has 0 saturated heterocycles. The lowest BCUT2D eigenvalue weighted by Crippen LogP contribution is -1.99. The molecule has 0 aliphatic rings. The summed E-state index contributed by atoms with van der Waals surface area (Å²) in [4.78, 5) is 31.5. The van der Waals surface area contributed by atoms with Gasteiger partial charge in [-0.05, 0) is 48.0 Å². The third-order valence-corrected chi connectivity index (χ3v) is 8.11. The van der Waals surface area contributed by atoms with E-state index in [0.717, 1.165) is 50.1 Å². The van der Waals surface area contributed by atoms with E-state index in [4.69, 9.17) is 37.3 Å². The topological polar surface area (TPSA) is 189 Å². The van der Waals surface area contributed by atoms with Gasteiger partial charge in [0, 0.05) is 58.9 Å². The number of ether oxygens (including phenoxy) is 3. The second-order valence-electron chi connectivity index (χ2n) is 11.1. The molecule has 0 atom stereocenters. The van der Waals surface area contributed by atoms with Crippen molar-refractivity contribution in [3.63, 3.8) is 0 Å². The summed E-state index contributed by atoms with van der Waals surface area (Å²) in [5, 5.41) is 2.40. The van der Waals surface area contributed by atoms with Crippen LogP contribution in [-0.2, 0) is 13.2 Å². The molecule has 13 nitrogen and oxygen atoms in total. The highest BCUT2D eigenvalue weighted by atomic mass is 35.5. The van der Waals surface area contributed by atoms with E-state index in [9.17, 15) is 0 Å². The highest BCUT2D eigenvalue weighted by Crippen LogP contribution is 2.35. The number of benzene rings is 2. The number of methoxy groups -OCH3 is 1. The number of para-hydroxylation sites is 1. The van der Waals surface area contributed by atoms with Gasteiger partial charge < -0.3 is 35.6 Å². The molecule has 2 aromatic carbocycles. The van der Waals surface area contributed by atoms with Crippen LogP contribution in [0.25, 0.3) is 44.6 Å². The largest absolute Gasteiger partial charge is 0.496 e. The molecule has 14 heteroatoms. The van der Waals surface area contributed by atoms with Crippen LogP contribution in [0.5, 0.6) is 17.2 Å². The molecule has 0 unspecified atom stereocenters. The molecule has 0 aliphatic heterocycles. The zero-order valence-corrected chi connectivity index (χ0v) is 28.0. The summed E-state index contributed by atoms with van der Waals surface area (Å²) in [6.07, 6.45) is 10.3. The van der Waals surface area contributed by atoms with Gasteiger partial charge in [0.15, 0.2) is 0 Å². The predicted molar refractivity (Wildman–Crippen MR) is 196 cm³/mol. The number of fused-ring (bicyclic) bond motifs is 2. The van der Waals surface area contributed by atoms with Gasteiger partial charge in [-0.25, -0.2) is 29.9 Å². The first-order chi connectivity index (χ1) is 25.0. The van der Waals surface area contributed by atoms with E-state index in [1.807, 2.05) is 73.1 Å². The Morgan fingerprint density at radius 2 is 1.14 bits per heavy atom. The molecule has 0 aliphatic carbocycles. The van der Waals surface area contributed by atoms with Gasteiger partial charge in [0.05, 0.1) is 29.3 Å². The Balaban J connectivity index is 0.000000159. The highest BCUT2D eigenvalue weighted by molar-refractivity contribution is 6.30. The van der Waals surface area contributed by atoms with Crippen molar-refractivity contribution < 1.29 is 14.2 Å². The minimum atomic E-state index is 0.220. The van der Waals surface area contributed by atoms with Gasteiger partial charge in [0.1, 0.15) is 41.8 Å². The lowest BCUT2D eigenvalue weighted by Gasteiger charge is -2.11. The molecule has 0 amide bonds. The monoisotopic (exact) mass is 698 g/mol. The number of nitrogens with zero attached hydrogens (tertiary/aromatic N) is 6. The SMILES string of the molecule is COc1ccccc1COc1ccnc2[nH]cc(-c3ccnc(N)n3)c12.Nc1nccc(-c2c[nH]c3nccc(OCc4ccc(Cl)cc4)c23)n1. The van der Waals surface area contributed by atoms with Crippen LogP contribution >= 0.6 is 11.6 Å². The van der Waals surface area contributed by atoms with E-state index in [2.05, 4.69) is 39.9 Å². The van der Waals surface area contributed by atoms with Crippen molar-refractivity contribution in [3.8, 4) is 39.8 Å². The second-order valence-corrected chi connectivity index (χ2v) is 11.5. The quantitative estimate of drug-likeness (QED) is 0.121. The van der Waals surface area contributed by atoms with Crippen molar-refractivity contribution >= 4 is 45.6 Å².